The number of carbonyl (C=O) groups excluding carboxylic acids is 2. The molecule has 0 aliphatic carbocycles. The molecule has 0 fully saturated rings. The van der Waals surface area contributed by atoms with Crippen LogP contribution in [0.15, 0.2) is 66.7 Å². The van der Waals surface area contributed by atoms with E-state index < -0.39 is 17.8 Å². The second-order valence-corrected chi connectivity index (χ2v) is 8.68. The van der Waals surface area contributed by atoms with Gasteiger partial charge in [0.2, 0.25) is 5.91 Å². The van der Waals surface area contributed by atoms with Gasteiger partial charge >= 0.3 is 5.97 Å². The molecule has 8 heteroatoms. The zero-order valence-electron chi connectivity index (χ0n) is 20.8. The number of hydrogen-bond acceptors (Lipinski definition) is 5. The van der Waals surface area contributed by atoms with Gasteiger partial charge < -0.3 is 20.5 Å². The second kappa shape index (κ2) is 10.9. The maximum atomic E-state index is 12.6. The van der Waals surface area contributed by atoms with E-state index in [1.807, 2.05) is 57.2 Å². The van der Waals surface area contributed by atoms with Crippen LogP contribution in [0.25, 0.3) is 10.9 Å². The summed E-state index contributed by atoms with van der Waals surface area (Å²) in [6.45, 7) is 5.78. The summed E-state index contributed by atoms with van der Waals surface area (Å²) in [4.78, 5) is 41.0. The van der Waals surface area contributed by atoms with Crippen molar-refractivity contribution in [1.82, 2.24) is 10.3 Å². The molecule has 0 aliphatic rings. The number of pyridine rings is 1. The van der Waals surface area contributed by atoms with E-state index in [2.05, 4.69) is 15.6 Å². The minimum Gasteiger partial charge on any atom is -0.487 e. The Labute approximate surface area is 214 Å². The Kier molecular flexibility index (Phi) is 7.48. The number of aromatic carboxylic acids is 1. The summed E-state index contributed by atoms with van der Waals surface area (Å²) >= 11 is 0. The number of nitrogens with zero attached hydrogens (tertiary/aromatic N) is 1. The van der Waals surface area contributed by atoms with Crippen molar-refractivity contribution in [2.24, 2.45) is 0 Å². The topological polar surface area (TPSA) is 118 Å². The zero-order chi connectivity index (χ0) is 26.5. The van der Waals surface area contributed by atoms with Crippen LogP contribution in [0.1, 0.15) is 43.1 Å². The smallest absolute Gasteiger partial charge is 0.336 e. The molecule has 0 saturated heterocycles. The molecule has 0 atom stereocenters. The SMILES string of the molecule is Cc1ccc2cccc(OCc3c(C)ccc(NC(=O)CNC(=O)c4ccccc4C(=O)O)c3C)c2n1. The summed E-state index contributed by atoms with van der Waals surface area (Å²) in [7, 11) is 0. The van der Waals surface area contributed by atoms with Crippen molar-refractivity contribution in [3.8, 4) is 5.75 Å². The molecule has 188 valence electrons. The Hall–Kier alpha value is -4.72. The van der Waals surface area contributed by atoms with E-state index in [4.69, 9.17) is 4.74 Å². The van der Waals surface area contributed by atoms with E-state index in [0.29, 0.717) is 18.0 Å². The fourth-order valence-electron chi connectivity index (χ4n) is 4.05. The summed E-state index contributed by atoms with van der Waals surface area (Å²) in [5.74, 6) is -1.61. The molecule has 1 aromatic heterocycles. The molecular weight excluding hydrogens is 470 g/mol. The number of hydrogen-bond donors (Lipinski definition) is 3. The quantitative estimate of drug-likeness (QED) is 0.322. The van der Waals surface area contributed by atoms with Crippen molar-refractivity contribution in [2.75, 3.05) is 11.9 Å². The van der Waals surface area contributed by atoms with Crippen molar-refractivity contribution in [1.29, 1.82) is 0 Å². The molecule has 0 unspecified atom stereocenters. The van der Waals surface area contributed by atoms with Crippen molar-refractivity contribution in [3.05, 3.63) is 100 Å². The zero-order valence-corrected chi connectivity index (χ0v) is 20.8. The van der Waals surface area contributed by atoms with Crippen LogP contribution in [0.4, 0.5) is 5.69 Å². The lowest BCUT2D eigenvalue weighted by Crippen LogP contribution is -2.33. The molecule has 1 heterocycles. The molecule has 3 aromatic carbocycles. The molecule has 0 saturated carbocycles. The highest BCUT2D eigenvalue weighted by Gasteiger charge is 2.17. The van der Waals surface area contributed by atoms with Gasteiger partial charge in [-0.15, -0.1) is 0 Å². The number of carboxylic acid groups (broad SMARTS) is 1. The standard InChI is InChI=1S/C29H27N3O5/c1-17-11-14-24(32-26(33)15-30-28(34)21-8-4-5-9-22(21)29(35)36)19(3)23(17)16-37-25-10-6-7-20-13-12-18(2)31-27(20)25/h4-14H,15-16H2,1-3H3,(H,30,34)(H,32,33)(H,35,36). The van der Waals surface area contributed by atoms with Crippen LogP contribution < -0.4 is 15.4 Å². The van der Waals surface area contributed by atoms with Crippen LogP contribution in [-0.4, -0.2) is 34.4 Å². The molecule has 0 radical (unpaired) electrons. The Morgan fingerprint density at radius 1 is 0.892 bits per heavy atom. The minimum atomic E-state index is -1.21. The number of fused-ring (bicyclic) bond motifs is 1. The lowest BCUT2D eigenvalue weighted by Gasteiger charge is -2.17. The summed E-state index contributed by atoms with van der Waals surface area (Å²) in [6, 6.07) is 19.3. The highest BCUT2D eigenvalue weighted by Crippen LogP contribution is 2.28. The summed E-state index contributed by atoms with van der Waals surface area (Å²) in [6.07, 6.45) is 0. The van der Waals surface area contributed by atoms with E-state index in [-0.39, 0.29) is 17.7 Å². The highest BCUT2D eigenvalue weighted by atomic mass is 16.5. The van der Waals surface area contributed by atoms with Gasteiger partial charge in [-0.3, -0.25) is 9.59 Å². The molecule has 4 aromatic rings. The highest BCUT2D eigenvalue weighted by molar-refractivity contribution is 6.06. The van der Waals surface area contributed by atoms with Crippen molar-refractivity contribution in [3.63, 3.8) is 0 Å². The van der Waals surface area contributed by atoms with Gasteiger partial charge in [0, 0.05) is 16.8 Å². The number of benzene rings is 3. The van der Waals surface area contributed by atoms with Crippen molar-refractivity contribution >= 4 is 34.4 Å². The number of carboxylic acids is 1. The first-order chi connectivity index (χ1) is 17.7. The third-order valence-corrected chi connectivity index (χ3v) is 6.11. The third-order valence-electron chi connectivity index (χ3n) is 6.11. The lowest BCUT2D eigenvalue weighted by atomic mass is 10.0. The van der Waals surface area contributed by atoms with Gasteiger partial charge in [-0.25, -0.2) is 9.78 Å². The van der Waals surface area contributed by atoms with Gasteiger partial charge in [0.05, 0.1) is 17.7 Å². The van der Waals surface area contributed by atoms with E-state index in [1.54, 1.807) is 12.1 Å². The lowest BCUT2D eigenvalue weighted by molar-refractivity contribution is -0.115. The fourth-order valence-corrected chi connectivity index (χ4v) is 4.05. The Bertz CT molecular complexity index is 1510. The Balaban J connectivity index is 1.44. The predicted molar refractivity (Wildman–Crippen MR) is 141 cm³/mol. The average Bonchev–Trinajstić information content (AvgIpc) is 2.89. The fraction of sp³-hybridized carbons (Fsp3) is 0.172. The molecule has 37 heavy (non-hydrogen) atoms. The predicted octanol–water partition coefficient (Wildman–Crippen LogP) is 4.81. The Morgan fingerprint density at radius 3 is 2.41 bits per heavy atom. The molecule has 8 nitrogen and oxygen atoms in total. The van der Waals surface area contributed by atoms with Crippen LogP contribution in [0.5, 0.6) is 5.75 Å². The number of amides is 2. The maximum Gasteiger partial charge on any atom is 0.336 e. The molecule has 2 amide bonds. The maximum absolute atomic E-state index is 12.6. The number of rotatable bonds is 8. The first-order valence-corrected chi connectivity index (χ1v) is 11.7. The van der Waals surface area contributed by atoms with Gasteiger partial charge in [0.15, 0.2) is 0 Å². The summed E-state index contributed by atoms with van der Waals surface area (Å²) in [5.41, 5.74) is 4.95. The first kappa shape index (κ1) is 25.4. The first-order valence-electron chi connectivity index (χ1n) is 11.7. The average molecular weight is 498 g/mol. The summed E-state index contributed by atoms with van der Waals surface area (Å²) < 4.78 is 6.16. The molecule has 0 spiro atoms. The number of para-hydroxylation sites is 1. The second-order valence-electron chi connectivity index (χ2n) is 8.68. The molecule has 3 N–H and O–H groups in total. The van der Waals surface area contributed by atoms with Crippen LogP contribution in [0.3, 0.4) is 0 Å². The number of nitrogens with one attached hydrogen (secondary N) is 2. The van der Waals surface area contributed by atoms with Crippen LogP contribution in [0.2, 0.25) is 0 Å². The molecular formula is C29H27N3O5. The van der Waals surface area contributed by atoms with Crippen LogP contribution >= 0.6 is 0 Å². The van der Waals surface area contributed by atoms with Crippen LogP contribution in [0, 0.1) is 20.8 Å². The van der Waals surface area contributed by atoms with E-state index in [0.717, 1.165) is 33.3 Å². The Morgan fingerprint density at radius 2 is 1.65 bits per heavy atom. The van der Waals surface area contributed by atoms with Gasteiger partial charge in [-0.05, 0) is 67.8 Å². The van der Waals surface area contributed by atoms with E-state index in [9.17, 15) is 19.5 Å². The largest absolute Gasteiger partial charge is 0.487 e. The molecule has 0 aliphatic heterocycles. The van der Waals surface area contributed by atoms with Gasteiger partial charge in [-0.1, -0.05) is 36.4 Å². The number of ether oxygens (including phenoxy) is 1. The van der Waals surface area contributed by atoms with Crippen molar-refractivity contribution in [2.45, 2.75) is 27.4 Å². The normalized spacial score (nSPS) is 10.7. The van der Waals surface area contributed by atoms with Crippen molar-refractivity contribution < 1.29 is 24.2 Å². The van der Waals surface area contributed by atoms with Gasteiger partial charge in [0.1, 0.15) is 17.9 Å². The number of aryl methyl sites for hydroxylation is 2. The summed E-state index contributed by atoms with van der Waals surface area (Å²) in [5, 5.41) is 15.6. The monoisotopic (exact) mass is 497 g/mol. The van der Waals surface area contributed by atoms with E-state index in [1.165, 1.54) is 18.2 Å². The molecule has 4 rings (SSSR count). The minimum absolute atomic E-state index is 0.00753. The number of anilines is 1. The van der Waals surface area contributed by atoms with E-state index >= 15 is 0 Å². The number of carbonyl (C=O) groups is 3. The number of aromatic nitrogens is 1. The molecule has 0 bridgehead atoms. The third kappa shape index (κ3) is 5.75. The van der Waals surface area contributed by atoms with Gasteiger partial charge in [0.25, 0.3) is 5.91 Å². The van der Waals surface area contributed by atoms with Gasteiger partial charge in [-0.2, -0.15) is 0 Å². The van der Waals surface area contributed by atoms with Crippen LogP contribution in [-0.2, 0) is 11.4 Å².